The van der Waals surface area contributed by atoms with E-state index in [-0.39, 0.29) is 24.5 Å². The second-order valence-electron chi connectivity index (χ2n) is 2.99. The van der Waals surface area contributed by atoms with Crippen molar-refractivity contribution in [2.45, 2.75) is 31.9 Å². The van der Waals surface area contributed by atoms with Crippen molar-refractivity contribution in [3.63, 3.8) is 0 Å². The molecule has 0 aliphatic carbocycles. The molecule has 0 bridgehead atoms. The van der Waals surface area contributed by atoms with Gasteiger partial charge in [-0.2, -0.15) is 0 Å². The minimum absolute atomic E-state index is 0.0304. The lowest BCUT2D eigenvalue weighted by Gasteiger charge is -2.10. The summed E-state index contributed by atoms with van der Waals surface area (Å²) in [5.74, 6) is -0.282. The van der Waals surface area contributed by atoms with Crippen LogP contribution in [0.1, 0.15) is 19.8 Å². The Balaban J connectivity index is 2.29. The van der Waals surface area contributed by atoms with Crippen molar-refractivity contribution in [1.82, 2.24) is 5.32 Å². The summed E-state index contributed by atoms with van der Waals surface area (Å²) in [6, 6.07) is -0.0304. The zero-order valence-corrected chi connectivity index (χ0v) is 7.70. The van der Waals surface area contributed by atoms with Crippen LogP contribution in [0, 0.1) is 0 Å². The molecule has 1 aliphatic heterocycles. The van der Waals surface area contributed by atoms with Gasteiger partial charge in [-0.25, -0.2) is 4.79 Å². The highest BCUT2D eigenvalue weighted by Crippen LogP contribution is 2.13. The van der Waals surface area contributed by atoms with Crippen molar-refractivity contribution >= 4 is 12.1 Å². The third-order valence-electron chi connectivity index (χ3n) is 2.02. The monoisotopic (exact) mass is 187 g/mol. The first kappa shape index (κ1) is 9.83. The van der Waals surface area contributed by atoms with Gasteiger partial charge >= 0.3 is 12.1 Å². The van der Waals surface area contributed by atoms with E-state index >= 15 is 0 Å². The second-order valence-corrected chi connectivity index (χ2v) is 2.99. The van der Waals surface area contributed by atoms with Crippen LogP contribution in [0.5, 0.6) is 0 Å². The predicted molar refractivity (Wildman–Crippen MR) is 44.1 cm³/mol. The number of methoxy groups -OCH3 is 1. The van der Waals surface area contributed by atoms with Crippen LogP contribution >= 0.6 is 0 Å². The van der Waals surface area contributed by atoms with E-state index in [2.05, 4.69) is 10.1 Å². The molecule has 0 unspecified atom stereocenters. The molecule has 1 amide bonds. The molecule has 5 heteroatoms. The van der Waals surface area contributed by atoms with E-state index in [1.54, 1.807) is 0 Å². The smallest absolute Gasteiger partial charge is 0.407 e. The van der Waals surface area contributed by atoms with Crippen molar-refractivity contribution in [1.29, 1.82) is 0 Å². The first-order valence-electron chi connectivity index (χ1n) is 4.17. The number of hydrogen-bond donors (Lipinski definition) is 1. The topological polar surface area (TPSA) is 64.6 Å². The molecule has 5 nitrogen and oxygen atoms in total. The molecule has 2 atom stereocenters. The minimum Gasteiger partial charge on any atom is -0.469 e. The first-order valence-corrected chi connectivity index (χ1v) is 4.17. The number of rotatable bonds is 3. The van der Waals surface area contributed by atoms with Gasteiger partial charge in [-0.3, -0.25) is 4.79 Å². The van der Waals surface area contributed by atoms with Crippen molar-refractivity contribution in [3.8, 4) is 0 Å². The van der Waals surface area contributed by atoms with Crippen molar-refractivity contribution in [2.75, 3.05) is 7.11 Å². The van der Waals surface area contributed by atoms with Crippen LogP contribution in [0.15, 0.2) is 0 Å². The summed E-state index contributed by atoms with van der Waals surface area (Å²) in [6.07, 6.45) is 0.154. The van der Waals surface area contributed by atoms with E-state index in [9.17, 15) is 9.59 Å². The third kappa shape index (κ3) is 2.61. The number of cyclic esters (lactones) is 1. The number of amides is 1. The van der Waals surface area contributed by atoms with Crippen molar-refractivity contribution < 1.29 is 19.1 Å². The summed E-state index contributed by atoms with van der Waals surface area (Å²) in [4.78, 5) is 21.5. The highest BCUT2D eigenvalue weighted by Gasteiger charge is 2.30. The maximum absolute atomic E-state index is 10.8. The van der Waals surface area contributed by atoms with Gasteiger partial charge < -0.3 is 14.8 Å². The van der Waals surface area contributed by atoms with Gasteiger partial charge in [0, 0.05) is 6.42 Å². The summed E-state index contributed by atoms with van der Waals surface area (Å²) in [5, 5.41) is 2.60. The van der Waals surface area contributed by atoms with E-state index in [0.29, 0.717) is 6.42 Å². The number of hydrogen-bond acceptors (Lipinski definition) is 4. The minimum atomic E-state index is -0.414. The molecule has 1 fully saturated rings. The highest BCUT2D eigenvalue weighted by atomic mass is 16.6. The Bertz CT molecular complexity index is 216. The Hall–Kier alpha value is -1.26. The van der Waals surface area contributed by atoms with Gasteiger partial charge in [-0.05, 0) is 13.3 Å². The van der Waals surface area contributed by atoms with Crippen molar-refractivity contribution in [3.05, 3.63) is 0 Å². The van der Waals surface area contributed by atoms with Gasteiger partial charge in [0.2, 0.25) is 0 Å². The molecule has 1 heterocycles. The predicted octanol–water partition coefficient (Wildman–Crippen LogP) is 0.436. The van der Waals surface area contributed by atoms with Crippen LogP contribution in [-0.2, 0) is 14.3 Å². The lowest BCUT2D eigenvalue weighted by atomic mass is 10.1. The van der Waals surface area contributed by atoms with Gasteiger partial charge in [-0.1, -0.05) is 0 Å². The van der Waals surface area contributed by atoms with E-state index in [4.69, 9.17) is 4.74 Å². The maximum atomic E-state index is 10.8. The number of carbonyl (C=O) groups excluding carboxylic acids is 2. The fraction of sp³-hybridized carbons (Fsp3) is 0.750. The van der Waals surface area contributed by atoms with E-state index in [1.165, 1.54) is 7.11 Å². The van der Waals surface area contributed by atoms with E-state index in [0.717, 1.165) is 0 Å². The quantitative estimate of drug-likeness (QED) is 0.651. The van der Waals surface area contributed by atoms with Crippen molar-refractivity contribution in [2.24, 2.45) is 0 Å². The Labute approximate surface area is 76.4 Å². The zero-order chi connectivity index (χ0) is 9.84. The van der Waals surface area contributed by atoms with Gasteiger partial charge in [0.15, 0.2) is 0 Å². The SMILES string of the molecule is COC(=O)CC[C@H]1OC(=O)N[C@@H]1C. The first-order chi connectivity index (χ1) is 6.13. The number of carbonyl (C=O) groups is 2. The Morgan fingerprint density at radius 2 is 2.38 bits per heavy atom. The average molecular weight is 187 g/mol. The molecule has 1 saturated heterocycles. The van der Waals surface area contributed by atoms with Crippen LogP contribution < -0.4 is 5.32 Å². The Morgan fingerprint density at radius 3 is 2.85 bits per heavy atom. The molecule has 0 aromatic rings. The molecular weight excluding hydrogens is 174 g/mol. The number of ether oxygens (including phenoxy) is 2. The van der Waals surface area contributed by atoms with E-state index < -0.39 is 6.09 Å². The number of esters is 1. The van der Waals surface area contributed by atoms with Crippen LogP contribution in [-0.4, -0.2) is 31.3 Å². The standard InChI is InChI=1S/C8H13NO4/c1-5-6(13-8(11)9-5)3-4-7(10)12-2/h5-6H,3-4H2,1-2H3,(H,9,11)/t5-,6-/m1/s1. The number of nitrogens with one attached hydrogen (secondary N) is 1. The average Bonchev–Trinajstić information content (AvgIpc) is 2.41. The van der Waals surface area contributed by atoms with Crippen LogP contribution in [0.4, 0.5) is 4.79 Å². The van der Waals surface area contributed by atoms with E-state index in [1.807, 2.05) is 6.92 Å². The van der Waals surface area contributed by atoms with Gasteiger partial charge in [0.25, 0.3) is 0 Å². The molecule has 1 rings (SSSR count). The summed E-state index contributed by atoms with van der Waals surface area (Å²) in [6.45, 7) is 1.84. The largest absolute Gasteiger partial charge is 0.469 e. The third-order valence-corrected chi connectivity index (χ3v) is 2.02. The molecule has 0 saturated carbocycles. The number of alkyl carbamates (subject to hydrolysis) is 1. The second kappa shape index (κ2) is 4.11. The molecule has 74 valence electrons. The summed E-state index contributed by atoms with van der Waals surface area (Å²) in [5.41, 5.74) is 0. The molecule has 0 radical (unpaired) electrons. The van der Waals surface area contributed by atoms with Gasteiger partial charge in [0.1, 0.15) is 6.10 Å². The summed E-state index contributed by atoms with van der Waals surface area (Å²) in [7, 11) is 1.34. The fourth-order valence-corrected chi connectivity index (χ4v) is 1.22. The normalized spacial score (nSPS) is 26.5. The fourth-order valence-electron chi connectivity index (χ4n) is 1.22. The highest BCUT2D eigenvalue weighted by molar-refractivity contribution is 5.71. The van der Waals surface area contributed by atoms with Crippen LogP contribution in [0.25, 0.3) is 0 Å². The lowest BCUT2D eigenvalue weighted by molar-refractivity contribution is -0.141. The molecular formula is C8H13NO4. The molecule has 13 heavy (non-hydrogen) atoms. The lowest BCUT2D eigenvalue weighted by Crippen LogP contribution is -2.28. The van der Waals surface area contributed by atoms with Crippen LogP contribution in [0.2, 0.25) is 0 Å². The molecule has 0 aromatic carbocycles. The maximum Gasteiger partial charge on any atom is 0.407 e. The Morgan fingerprint density at radius 1 is 1.69 bits per heavy atom. The molecule has 0 spiro atoms. The van der Waals surface area contributed by atoms with Crippen LogP contribution in [0.3, 0.4) is 0 Å². The Kier molecular flexibility index (Phi) is 3.11. The molecule has 1 N–H and O–H groups in total. The van der Waals surface area contributed by atoms with Gasteiger partial charge in [0.05, 0.1) is 13.2 Å². The molecule has 1 aliphatic rings. The molecule has 0 aromatic heterocycles. The summed E-state index contributed by atoms with van der Waals surface area (Å²) < 4.78 is 9.38. The summed E-state index contributed by atoms with van der Waals surface area (Å²) >= 11 is 0. The van der Waals surface area contributed by atoms with Gasteiger partial charge in [-0.15, -0.1) is 0 Å². The zero-order valence-electron chi connectivity index (χ0n) is 7.70.